The molecule has 3 heterocycles. The third kappa shape index (κ3) is 4.90. The molecule has 1 amide bonds. The highest BCUT2D eigenvalue weighted by atomic mass is 19.1. The van der Waals surface area contributed by atoms with Crippen molar-refractivity contribution in [2.75, 3.05) is 17.3 Å². The summed E-state index contributed by atoms with van der Waals surface area (Å²) in [5.74, 6) is -1.24. The van der Waals surface area contributed by atoms with Gasteiger partial charge in [0.1, 0.15) is 34.3 Å². The highest BCUT2D eigenvalue weighted by molar-refractivity contribution is 5.96. The molecule has 4 aromatic rings. The third-order valence-electron chi connectivity index (χ3n) is 5.15. The van der Waals surface area contributed by atoms with Gasteiger partial charge in [-0.3, -0.25) is 18.7 Å². The Kier molecular flexibility index (Phi) is 6.23. The Labute approximate surface area is 205 Å². The Balaban J connectivity index is 1.80. The van der Waals surface area contributed by atoms with Gasteiger partial charge in [-0.1, -0.05) is 0 Å². The van der Waals surface area contributed by atoms with E-state index in [1.165, 1.54) is 75.8 Å². The van der Waals surface area contributed by atoms with Gasteiger partial charge >= 0.3 is 12.1 Å². The number of halogens is 1. The van der Waals surface area contributed by atoms with Crippen molar-refractivity contribution in [3.63, 3.8) is 0 Å². The Morgan fingerprint density at radius 1 is 1.11 bits per heavy atom. The van der Waals surface area contributed by atoms with E-state index >= 15 is 0 Å². The molecule has 0 aliphatic rings. The fraction of sp³-hybridized carbons (Fsp3) is 0.200. The summed E-state index contributed by atoms with van der Waals surface area (Å²) in [6, 6.07) is 11.5. The van der Waals surface area contributed by atoms with Gasteiger partial charge < -0.3 is 15.2 Å². The number of ether oxygens (including phenoxy) is 1. The van der Waals surface area contributed by atoms with Gasteiger partial charge in [-0.05, 0) is 63.2 Å². The first-order valence-electron chi connectivity index (χ1n) is 10.9. The minimum absolute atomic E-state index is 0.0627. The maximum atomic E-state index is 13.3. The minimum atomic E-state index is -1.20. The van der Waals surface area contributed by atoms with Crippen LogP contribution in [-0.2, 0) is 4.74 Å². The van der Waals surface area contributed by atoms with Crippen molar-refractivity contribution in [3.8, 4) is 5.69 Å². The molecule has 4 rings (SSSR count). The fourth-order valence-electron chi connectivity index (χ4n) is 3.51. The minimum Gasteiger partial charge on any atom is -0.478 e. The first-order chi connectivity index (χ1) is 16.9. The number of benzene rings is 1. The molecule has 2 N–H and O–H groups in total. The van der Waals surface area contributed by atoms with E-state index in [-0.39, 0.29) is 28.5 Å². The van der Waals surface area contributed by atoms with Crippen molar-refractivity contribution >= 4 is 35.0 Å². The van der Waals surface area contributed by atoms with Crippen LogP contribution in [0.1, 0.15) is 31.1 Å². The molecule has 36 heavy (non-hydrogen) atoms. The molecule has 3 aromatic heterocycles. The lowest BCUT2D eigenvalue weighted by molar-refractivity contribution is 0.0587. The van der Waals surface area contributed by atoms with Gasteiger partial charge in [0.05, 0.1) is 0 Å². The Morgan fingerprint density at radius 3 is 2.44 bits per heavy atom. The van der Waals surface area contributed by atoms with Gasteiger partial charge in [-0.15, -0.1) is 0 Å². The summed E-state index contributed by atoms with van der Waals surface area (Å²) in [6.45, 7) is 5.19. The number of rotatable bonds is 5. The second kappa shape index (κ2) is 9.17. The number of carbonyl (C=O) groups excluding carboxylic acids is 1. The van der Waals surface area contributed by atoms with Crippen molar-refractivity contribution in [1.82, 2.24) is 14.0 Å². The Hall–Kier alpha value is -4.67. The van der Waals surface area contributed by atoms with E-state index in [0.717, 1.165) is 0 Å². The average molecular weight is 493 g/mol. The molecule has 10 nitrogen and oxygen atoms in total. The number of pyridine rings is 1. The molecule has 0 unspecified atom stereocenters. The molecule has 0 aliphatic carbocycles. The zero-order chi connectivity index (χ0) is 26.2. The number of hydrogen-bond donors (Lipinski definition) is 2. The Bertz CT molecular complexity index is 1520. The summed E-state index contributed by atoms with van der Waals surface area (Å²) < 4.78 is 21.5. The normalized spacial score (nSPS) is 11.4. The topological polar surface area (TPSA) is 118 Å². The molecular weight excluding hydrogens is 469 g/mol. The quantitative estimate of drug-likeness (QED) is 0.422. The lowest BCUT2D eigenvalue weighted by Crippen LogP contribution is -2.35. The molecule has 0 bridgehead atoms. The molecule has 0 aliphatic heterocycles. The number of hydrogen-bond acceptors (Lipinski definition) is 6. The predicted octanol–water partition coefficient (Wildman–Crippen LogP) is 4.44. The molecule has 0 fully saturated rings. The van der Waals surface area contributed by atoms with E-state index in [4.69, 9.17) is 4.74 Å². The number of nitrogens with zero attached hydrogens (tertiary/aromatic N) is 4. The predicted molar refractivity (Wildman–Crippen MR) is 132 cm³/mol. The molecule has 0 saturated heterocycles. The SMILES string of the molecule is CN(C(=O)OC(C)(C)C)c1cc(Nc2cccn(-c3ccc(F)cc3)c2=O)nc2c(C(=O)O)ccn12. The smallest absolute Gasteiger partial charge is 0.415 e. The third-order valence-corrected chi connectivity index (χ3v) is 5.15. The fourth-order valence-corrected chi connectivity index (χ4v) is 3.51. The summed E-state index contributed by atoms with van der Waals surface area (Å²) in [7, 11) is 1.48. The van der Waals surface area contributed by atoms with E-state index in [1.807, 2.05) is 0 Å². The summed E-state index contributed by atoms with van der Waals surface area (Å²) >= 11 is 0. The summed E-state index contributed by atoms with van der Waals surface area (Å²) in [4.78, 5) is 43.2. The second-order valence-electron chi connectivity index (χ2n) is 8.97. The number of carboxylic acid groups (broad SMARTS) is 1. The molecule has 0 saturated carbocycles. The maximum absolute atomic E-state index is 13.3. The lowest BCUT2D eigenvalue weighted by atomic mass is 10.2. The van der Waals surface area contributed by atoms with Crippen LogP contribution in [0.15, 0.2) is 65.7 Å². The van der Waals surface area contributed by atoms with Crippen molar-refractivity contribution in [1.29, 1.82) is 0 Å². The number of aromatic nitrogens is 3. The van der Waals surface area contributed by atoms with Crippen LogP contribution in [0.25, 0.3) is 11.3 Å². The largest absolute Gasteiger partial charge is 0.478 e. The average Bonchev–Trinajstić information content (AvgIpc) is 3.23. The molecular formula is C25H24FN5O5. The van der Waals surface area contributed by atoms with Gasteiger partial charge in [0.25, 0.3) is 5.56 Å². The van der Waals surface area contributed by atoms with Crippen LogP contribution in [0.3, 0.4) is 0 Å². The molecule has 1 aromatic carbocycles. The second-order valence-corrected chi connectivity index (χ2v) is 8.97. The standard InChI is InChI=1S/C25H24FN5O5/c1-25(2,3)36-24(35)29(4)20-14-19(28-21-17(23(33)34)11-13-31(20)21)27-18-6-5-12-30(22(18)32)16-9-7-15(26)8-10-16/h5-14H,1-4H3,(H,27,28)(H,33,34). The van der Waals surface area contributed by atoms with E-state index in [9.17, 15) is 23.9 Å². The zero-order valence-electron chi connectivity index (χ0n) is 20.0. The molecule has 0 radical (unpaired) electrons. The van der Waals surface area contributed by atoms with Gasteiger partial charge in [0, 0.05) is 31.2 Å². The number of aromatic carboxylic acids is 1. The number of anilines is 3. The molecule has 0 atom stereocenters. The number of carbonyl (C=O) groups is 2. The molecule has 0 spiro atoms. The van der Waals surface area contributed by atoms with Crippen molar-refractivity contribution in [3.05, 3.63) is 82.7 Å². The van der Waals surface area contributed by atoms with E-state index in [2.05, 4.69) is 10.3 Å². The van der Waals surface area contributed by atoms with Crippen LogP contribution in [0.5, 0.6) is 0 Å². The van der Waals surface area contributed by atoms with E-state index in [0.29, 0.717) is 5.69 Å². The maximum Gasteiger partial charge on any atom is 0.415 e. The van der Waals surface area contributed by atoms with Crippen LogP contribution >= 0.6 is 0 Å². The van der Waals surface area contributed by atoms with E-state index < -0.39 is 29.0 Å². The summed E-state index contributed by atoms with van der Waals surface area (Å²) in [6.07, 6.45) is 2.36. The van der Waals surface area contributed by atoms with Gasteiger partial charge in [0.2, 0.25) is 0 Å². The van der Waals surface area contributed by atoms with E-state index in [1.54, 1.807) is 26.8 Å². The highest BCUT2D eigenvalue weighted by Gasteiger charge is 2.24. The van der Waals surface area contributed by atoms with Crippen molar-refractivity contribution in [2.45, 2.75) is 26.4 Å². The number of carboxylic acids is 1. The summed E-state index contributed by atoms with van der Waals surface area (Å²) in [5, 5.41) is 12.5. The lowest BCUT2D eigenvalue weighted by Gasteiger charge is -2.25. The summed E-state index contributed by atoms with van der Waals surface area (Å²) in [5.41, 5.74) is -0.632. The van der Waals surface area contributed by atoms with Crippen LogP contribution in [0.2, 0.25) is 0 Å². The van der Waals surface area contributed by atoms with Crippen LogP contribution in [0, 0.1) is 5.82 Å². The van der Waals surface area contributed by atoms with Crippen LogP contribution in [0.4, 0.5) is 26.5 Å². The van der Waals surface area contributed by atoms with Gasteiger partial charge in [0.15, 0.2) is 5.65 Å². The van der Waals surface area contributed by atoms with Gasteiger partial charge in [-0.25, -0.2) is 19.0 Å². The number of amides is 1. The first kappa shape index (κ1) is 24.5. The monoisotopic (exact) mass is 493 g/mol. The van der Waals surface area contributed by atoms with Crippen LogP contribution < -0.4 is 15.8 Å². The first-order valence-corrected chi connectivity index (χ1v) is 10.9. The number of nitrogens with one attached hydrogen (secondary N) is 1. The van der Waals surface area contributed by atoms with Crippen molar-refractivity contribution in [2.24, 2.45) is 0 Å². The Morgan fingerprint density at radius 2 is 1.81 bits per heavy atom. The zero-order valence-corrected chi connectivity index (χ0v) is 20.0. The van der Waals surface area contributed by atoms with Gasteiger partial charge in [-0.2, -0.15) is 0 Å². The van der Waals surface area contributed by atoms with Crippen molar-refractivity contribution < 1.29 is 23.8 Å². The number of fused-ring (bicyclic) bond motifs is 1. The highest BCUT2D eigenvalue weighted by Crippen LogP contribution is 2.26. The van der Waals surface area contributed by atoms with Crippen LogP contribution in [-0.4, -0.2) is 43.8 Å². The molecule has 186 valence electrons. The molecule has 11 heteroatoms.